The van der Waals surface area contributed by atoms with Gasteiger partial charge in [0.25, 0.3) is 16.4 Å². The number of aromatic hydroxyl groups is 1. The molecule has 7 nitrogen and oxygen atoms in total. The summed E-state index contributed by atoms with van der Waals surface area (Å²) in [6, 6.07) is 9.39. The number of halogens is 3. The molecule has 0 atom stereocenters. The van der Waals surface area contributed by atoms with Crippen LogP contribution in [0.4, 0.5) is 13.2 Å². The molecule has 1 amide bonds. The van der Waals surface area contributed by atoms with Crippen molar-refractivity contribution in [3.05, 3.63) is 60.0 Å². The molecule has 2 N–H and O–H groups in total. The van der Waals surface area contributed by atoms with Gasteiger partial charge in [-0.05, 0) is 48.5 Å². The smallest absolute Gasteiger partial charge is 0.282 e. The van der Waals surface area contributed by atoms with Crippen LogP contribution in [-0.2, 0) is 14.8 Å². The topological polar surface area (TPSA) is 101 Å². The lowest BCUT2D eigenvalue weighted by Crippen LogP contribution is -2.28. The third-order valence-corrected chi connectivity index (χ3v) is 5.31. The molecule has 2 aromatic carbocycles. The molecule has 0 saturated heterocycles. The van der Waals surface area contributed by atoms with Gasteiger partial charge in [0.15, 0.2) is 11.6 Å². The van der Waals surface area contributed by atoms with Gasteiger partial charge in [0.2, 0.25) is 5.91 Å². The number of aromatic nitrogens is 2. The van der Waals surface area contributed by atoms with Crippen LogP contribution in [0.3, 0.4) is 0 Å². The van der Waals surface area contributed by atoms with Gasteiger partial charge in [-0.1, -0.05) is 0 Å². The van der Waals surface area contributed by atoms with Crippen LogP contribution in [0.2, 0.25) is 0 Å². The maximum Gasteiger partial charge on any atom is 0.282 e. The highest BCUT2D eigenvalue weighted by Crippen LogP contribution is 2.30. The Hall–Kier alpha value is -3.34. The van der Waals surface area contributed by atoms with Crippen LogP contribution in [0.1, 0.15) is 19.0 Å². The first-order valence-corrected chi connectivity index (χ1v) is 9.57. The molecule has 1 heterocycles. The first kappa shape index (κ1) is 20.4. The number of carbonyl (C=O) groups excluding carboxylic acids is 1. The average Bonchev–Trinajstić information content (AvgIpc) is 3.09. The minimum atomic E-state index is -4.07. The van der Waals surface area contributed by atoms with Gasteiger partial charge in [-0.25, -0.2) is 31.0 Å². The van der Waals surface area contributed by atoms with Crippen LogP contribution < -0.4 is 4.72 Å². The predicted octanol–water partition coefficient (Wildman–Crippen LogP) is 3.15. The van der Waals surface area contributed by atoms with Crippen LogP contribution in [0.5, 0.6) is 5.75 Å². The van der Waals surface area contributed by atoms with Gasteiger partial charge in [0, 0.05) is 12.5 Å². The van der Waals surface area contributed by atoms with Gasteiger partial charge in [-0.3, -0.25) is 4.79 Å². The van der Waals surface area contributed by atoms with Gasteiger partial charge in [0.05, 0.1) is 16.3 Å². The molecule has 152 valence electrons. The second-order valence-electron chi connectivity index (χ2n) is 5.99. The Labute approximate surface area is 163 Å². The predicted molar refractivity (Wildman–Crippen MR) is 96.6 cm³/mol. The molecular formula is C18H14F3N3O4S. The molecule has 0 unspecified atom stereocenters. The summed E-state index contributed by atoms with van der Waals surface area (Å²) < 4.78 is 67.0. The number of carbonyl (C=O) groups is 1. The molecule has 3 aromatic rings. The van der Waals surface area contributed by atoms with Crippen molar-refractivity contribution in [1.82, 2.24) is 14.5 Å². The maximum atomic E-state index is 13.7. The number of rotatable bonds is 5. The van der Waals surface area contributed by atoms with Crippen molar-refractivity contribution in [2.75, 3.05) is 0 Å². The van der Waals surface area contributed by atoms with Gasteiger partial charge in [0.1, 0.15) is 5.69 Å². The van der Waals surface area contributed by atoms with Crippen LogP contribution in [0.15, 0.2) is 53.4 Å². The fraction of sp³-hybridized carbons (Fsp3) is 0.111. The monoisotopic (exact) mass is 425 g/mol. The lowest BCUT2D eigenvalue weighted by molar-refractivity contribution is -0.117. The number of phenolic OH excluding ortho intramolecular Hbond substituents is 1. The van der Waals surface area contributed by atoms with Crippen molar-refractivity contribution >= 4 is 15.9 Å². The Morgan fingerprint density at radius 3 is 2.34 bits per heavy atom. The summed E-state index contributed by atoms with van der Waals surface area (Å²) in [6.07, 6.45) is -2.89. The first-order valence-electron chi connectivity index (χ1n) is 8.09. The van der Waals surface area contributed by atoms with E-state index in [9.17, 15) is 31.5 Å². The number of alkyl halides is 2. The van der Waals surface area contributed by atoms with Crippen molar-refractivity contribution in [1.29, 1.82) is 0 Å². The molecule has 0 aliphatic carbocycles. The summed E-state index contributed by atoms with van der Waals surface area (Å²) in [5.41, 5.74) is -0.0584. The number of phenols is 1. The molecule has 1 aromatic heterocycles. The molecule has 0 saturated carbocycles. The van der Waals surface area contributed by atoms with Crippen molar-refractivity contribution in [3.63, 3.8) is 0 Å². The molecule has 0 bridgehead atoms. The highest BCUT2D eigenvalue weighted by atomic mass is 32.2. The fourth-order valence-electron chi connectivity index (χ4n) is 2.59. The first-order chi connectivity index (χ1) is 13.6. The zero-order chi connectivity index (χ0) is 21.3. The van der Waals surface area contributed by atoms with E-state index in [2.05, 4.69) is 5.10 Å². The van der Waals surface area contributed by atoms with E-state index in [1.165, 1.54) is 30.3 Å². The third-order valence-electron chi connectivity index (χ3n) is 3.86. The van der Waals surface area contributed by atoms with E-state index < -0.39 is 39.6 Å². The van der Waals surface area contributed by atoms with E-state index >= 15 is 0 Å². The quantitative estimate of drug-likeness (QED) is 0.654. The Balaban J connectivity index is 2.08. The summed E-state index contributed by atoms with van der Waals surface area (Å²) in [4.78, 5) is 10.8. The van der Waals surface area contributed by atoms with Gasteiger partial charge in [-0.15, -0.1) is 0 Å². The number of hydrogen-bond donors (Lipinski definition) is 2. The number of benzene rings is 2. The SMILES string of the molecule is CC(=O)NS(=O)(=O)c1ccc(-n2nc(C(F)F)cc2-c2ccc(O)c(F)c2)cc1. The third kappa shape index (κ3) is 4.24. The molecule has 11 heteroatoms. The number of amides is 1. The fourth-order valence-corrected chi connectivity index (χ4v) is 3.58. The lowest BCUT2D eigenvalue weighted by atomic mass is 10.1. The minimum Gasteiger partial charge on any atom is -0.505 e. The molecule has 0 aliphatic rings. The van der Waals surface area contributed by atoms with E-state index in [-0.39, 0.29) is 21.8 Å². The van der Waals surface area contributed by atoms with E-state index in [1.807, 2.05) is 4.72 Å². The molecule has 3 rings (SSSR count). The summed E-state index contributed by atoms with van der Waals surface area (Å²) in [6.45, 7) is 1.05. The number of nitrogens with zero attached hydrogens (tertiary/aromatic N) is 2. The molecular weight excluding hydrogens is 411 g/mol. The second kappa shape index (κ2) is 7.59. The van der Waals surface area contributed by atoms with Gasteiger partial charge >= 0.3 is 0 Å². The second-order valence-corrected chi connectivity index (χ2v) is 7.67. The Morgan fingerprint density at radius 2 is 1.79 bits per heavy atom. The Bertz CT molecular complexity index is 1180. The molecule has 0 spiro atoms. The zero-order valence-corrected chi connectivity index (χ0v) is 15.6. The molecule has 0 fully saturated rings. The van der Waals surface area contributed by atoms with E-state index in [0.29, 0.717) is 0 Å². The van der Waals surface area contributed by atoms with Gasteiger partial charge in [-0.2, -0.15) is 5.10 Å². The maximum absolute atomic E-state index is 13.7. The summed E-state index contributed by atoms with van der Waals surface area (Å²) in [5, 5.41) is 13.1. The normalized spacial score (nSPS) is 11.6. The van der Waals surface area contributed by atoms with E-state index in [1.54, 1.807) is 0 Å². The average molecular weight is 425 g/mol. The number of hydrogen-bond acceptors (Lipinski definition) is 5. The summed E-state index contributed by atoms with van der Waals surface area (Å²) >= 11 is 0. The van der Waals surface area contributed by atoms with E-state index in [0.717, 1.165) is 29.8 Å². The molecule has 29 heavy (non-hydrogen) atoms. The largest absolute Gasteiger partial charge is 0.505 e. The number of nitrogens with one attached hydrogen (secondary N) is 1. The highest BCUT2D eigenvalue weighted by Gasteiger charge is 2.20. The lowest BCUT2D eigenvalue weighted by Gasteiger charge is -2.10. The van der Waals surface area contributed by atoms with Crippen molar-refractivity contribution in [2.45, 2.75) is 18.2 Å². The van der Waals surface area contributed by atoms with E-state index in [4.69, 9.17) is 0 Å². The molecule has 0 aliphatic heterocycles. The van der Waals surface area contributed by atoms with Crippen molar-refractivity contribution in [3.8, 4) is 22.7 Å². The van der Waals surface area contributed by atoms with Crippen LogP contribution in [-0.4, -0.2) is 29.2 Å². The molecule has 0 radical (unpaired) electrons. The van der Waals surface area contributed by atoms with Crippen molar-refractivity contribution < 1.29 is 31.5 Å². The van der Waals surface area contributed by atoms with Crippen molar-refractivity contribution in [2.24, 2.45) is 0 Å². The van der Waals surface area contributed by atoms with Crippen LogP contribution >= 0.6 is 0 Å². The standard InChI is InChI=1S/C18H14F3N3O4S/c1-10(25)23-29(27,28)13-5-3-12(4-6-13)24-16(9-15(22-24)18(20)21)11-2-7-17(26)14(19)8-11/h2-9,18,26H,1H3,(H,23,25). The summed E-state index contributed by atoms with van der Waals surface area (Å²) in [5.74, 6) is -2.30. The zero-order valence-electron chi connectivity index (χ0n) is 14.8. The van der Waals surface area contributed by atoms with Crippen LogP contribution in [0.25, 0.3) is 16.9 Å². The Kier molecular flexibility index (Phi) is 5.33. The highest BCUT2D eigenvalue weighted by molar-refractivity contribution is 7.90. The van der Waals surface area contributed by atoms with Crippen LogP contribution in [0, 0.1) is 5.82 Å². The summed E-state index contributed by atoms with van der Waals surface area (Å²) in [7, 11) is -4.07. The van der Waals surface area contributed by atoms with Gasteiger partial charge < -0.3 is 5.11 Å². The minimum absolute atomic E-state index is 0.108. The number of sulfonamides is 1. The Morgan fingerprint density at radius 1 is 1.14 bits per heavy atom.